The van der Waals surface area contributed by atoms with Crippen LogP contribution < -0.4 is 10.6 Å². The predicted octanol–water partition coefficient (Wildman–Crippen LogP) is 2.10. The van der Waals surface area contributed by atoms with Gasteiger partial charge in [0.05, 0.1) is 6.61 Å². The van der Waals surface area contributed by atoms with Crippen molar-refractivity contribution in [3.63, 3.8) is 0 Å². The molecule has 116 valence electrons. The Morgan fingerprint density at radius 2 is 2.00 bits per heavy atom. The van der Waals surface area contributed by atoms with E-state index in [0.29, 0.717) is 12.1 Å². The molecular formula is C18H28N2O. The second-order valence-corrected chi connectivity index (χ2v) is 6.64. The largest absolute Gasteiger partial charge is 0.395 e. The van der Waals surface area contributed by atoms with Gasteiger partial charge < -0.3 is 15.7 Å². The molecule has 4 atom stereocenters. The standard InChI is InChI=1S/C18H28N2O/c21-13-15(12-14-6-2-1-3-7-14)20-18-9-4-8-16(18)17-10-5-11-19-17/h1-3,6-7,15-21H,4-5,8-13H2. The van der Waals surface area contributed by atoms with Crippen molar-refractivity contribution in [3.8, 4) is 0 Å². The third-order valence-electron chi connectivity index (χ3n) is 5.18. The summed E-state index contributed by atoms with van der Waals surface area (Å²) in [5, 5.41) is 17.1. The molecule has 3 N–H and O–H groups in total. The molecule has 1 aromatic rings. The summed E-state index contributed by atoms with van der Waals surface area (Å²) in [7, 11) is 0. The van der Waals surface area contributed by atoms with Crippen LogP contribution in [0.25, 0.3) is 0 Å². The van der Waals surface area contributed by atoms with Gasteiger partial charge in [-0.2, -0.15) is 0 Å². The third-order valence-corrected chi connectivity index (χ3v) is 5.18. The maximum absolute atomic E-state index is 9.72. The quantitative estimate of drug-likeness (QED) is 0.751. The Bertz CT molecular complexity index is 416. The third kappa shape index (κ3) is 3.85. The highest BCUT2D eigenvalue weighted by Gasteiger charge is 2.35. The Hall–Kier alpha value is -0.900. The normalized spacial score (nSPS) is 30.6. The fourth-order valence-corrected chi connectivity index (χ4v) is 4.13. The van der Waals surface area contributed by atoms with Gasteiger partial charge in [0, 0.05) is 18.1 Å². The van der Waals surface area contributed by atoms with Crippen molar-refractivity contribution in [1.82, 2.24) is 10.6 Å². The molecule has 1 aromatic carbocycles. The summed E-state index contributed by atoms with van der Waals surface area (Å²) in [5.74, 6) is 0.748. The molecule has 0 aromatic heterocycles. The van der Waals surface area contributed by atoms with Gasteiger partial charge in [0.25, 0.3) is 0 Å². The molecule has 1 saturated carbocycles. The average molecular weight is 288 g/mol. The van der Waals surface area contributed by atoms with Crippen LogP contribution in [0.4, 0.5) is 0 Å². The van der Waals surface area contributed by atoms with Gasteiger partial charge in [0.2, 0.25) is 0 Å². The van der Waals surface area contributed by atoms with Crippen LogP contribution in [0.15, 0.2) is 30.3 Å². The summed E-state index contributed by atoms with van der Waals surface area (Å²) in [6.07, 6.45) is 7.47. The Morgan fingerprint density at radius 1 is 1.14 bits per heavy atom. The second-order valence-electron chi connectivity index (χ2n) is 6.64. The molecule has 2 fully saturated rings. The maximum atomic E-state index is 9.72. The number of hydrogen-bond acceptors (Lipinski definition) is 3. The lowest BCUT2D eigenvalue weighted by molar-refractivity contribution is 0.211. The number of nitrogens with one attached hydrogen (secondary N) is 2. The lowest BCUT2D eigenvalue weighted by atomic mass is 9.92. The SMILES string of the molecule is OCC(Cc1ccccc1)NC1CCCC1C1CCCN1. The Balaban J connectivity index is 1.57. The first kappa shape index (κ1) is 15.0. The van der Waals surface area contributed by atoms with E-state index in [1.165, 1.54) is 44.2 Å². The van der Waals surface area contributed by atoms with Gasteiger partial charge in [-0.25, -0.2) is 0 Å². The van der Waals surface area contributed by atoms with Crippen molar-refractivity contribution in [3.05, 3.63) is 35.9 Å². The second kappa shape index (κ2) is 7.39. The number of rotatable bonds is 6. The van der Waals surface area contributed by atoms with Crippen LogP contribution in [0, 0.1) is 5.92 Å². The van der Waals surface area contributed by atoms with E-state index >= 15 is 0 Å². The van der Waals surface area contributed by atoms with E-state index in [9.17, 15) is 5.11 Å². The van der Waals surface area contributed by atoms with Crippen molar-refractivity contribution >= 4 is 0 Å². The van der Waals surface area contributed by atoms with Crippen molar-refractivity contribution in [2.75, 3.05) is 13.2 Å². The summed E-state index contributed by atoms with van der Waals surface area (Å²) in [4.78, 5) is 0. The predicted molar refractivity (Wildman–Crippen MR) is 86.3 cm³/mol. The first-order chi connectivity index (χ1) is 10.4. The van der Waals surface area contributed by atoms with Gasteiger partial charge in [-0.3, -0.25) is 0 Å². The van der Waals surface area contributed by atoms with Crippen molar-refractivity contribution in [2.45, 2.75) is 56.7 Å². The summed E-state index contributed by atoms with van der Waals surface area (Å²) >= 11 is 0. The minimum Gasteiger partial charge on any atom is -0.395 e. The van der Waals surface area contributed by atoms with E-state index in [4.69, 9.17) is 0 Å². The van der Waals surface area contributed by atoms with Crippen LogP contribution in [-0.4, -0.2) is 36.4 Å². The summed E-state index contributed by atoms with van der Waals surface area (Å²) < 4.78 is 0. The Labute approximate surface area is 128 Å². The Morgan fingerprint density at radius 3 is 2.71 bits per heavy atom. The molecule has 4 unspecified atom stereocenters. The molecule has 3 heteroatoms. The van der Waals surface area contributed by atoms with Crippen molar-refractivity contribution < 1.29 is 5.11 Å². The van der Waals surface area contributed by atoms with Crippen molar-refractivity contribution in [1.29, 1.82) is 0 Å². The molecule has 2 aliphatic rings. The first-order valence-corrected chi connectivity index (χ1v) is 8.51. The van der Waals surface area contributed by atoms with E-state index in [0.717, 1.165) is 12.3 Å². The Kier molecular flexibility index (Phi) is 5.28. The minimum absolute atomic E-state index is 0.180. The van der Waals surface area contributed by atoms with Crippen LogP contribution in [-0.2, 0) is 6.42 Å². The molecule has 1 aliphatic heterocycles. The van der Waals surface area contributed by atoms with Crippen LogP contribution in [0.1, 0.15) is 37.7 Å². The van der Waals surface area contributed by atoms with Crippen LogP contribution in [0.2, 0.25) is 0 Å². The topological polar surface area (TPSA) is 44.3 Å². The zero-order valence-electron chi connectivity index (χ0n) is 12.8. The van der Waals surface area contributed by atoms with E-state index in [1.54, 1.807) is 0 Å². The number of hydrogen-bond donors (Lipinski definition) is 3. The molecule has 1 saturated heterocycles. The number of aliphatic hydroxyl groups excluding tert-OH is 1. The van der Waals surface area contributed by atoms with E-state index in [-0.39, 0.29) is 12.6 Å². The molecular weight excluding hydrogens is 260 g/mol. The smallest absolute Gasteiger partial charge is 0.0587 e. The average Bonchev–Trinajstić information content (AvgIpc) is 3.18. The lowest BCUT2D eigenvalue weighted by Gasteiger charge is -2.30. The molecule has 0 radical (unpaired) electrons. The molecule has 21 heavy (non-hydrogen) atoms. The molecule has 1 aliphatic carbocycles. The van der Waals surface area contributed by atoms with Gasteiger partial charge in [-0.1, -0.05) is 36.8 Å². The first-order valence-electron chi connectivity index (χ1n) is 8.51. The summed E-state index contributed by atoms with van der Waals surface area (Å²) in [6, 6.07) is 11.9. The van der Waals surface area contributed by atoms with Gasteiger partial charge in [-0.05, 0) is 50.1 Å². The molecule has 0 spiro atoms. The molecule has 1 heterocycles. The monoisotopic (exact) mass is 288 g/mol. The maximum Gasteiger partial charge on any atom is 0.0587 e. The lowest BCUT2D eigenvalue weighted by Crippen LogP contribution is -2.48. The molecule has 3 nitrogen and oxygen atoms in total. The van der Waals surface area contributed by atoms with E-state index in [1.807, 2.05) is 6.07 Å². The van der Waals surface area contributed by atoms with Gasteiger partial charge in [-0.15, -0.1) is 0 Å². The molecule has 3 rings (SSSR count). The van der Waals surface area contributed by atoms with Gasteiger partial charge >= 0.3 is 0 Å². The fourth-order valence-electron chi connectivity index (χ4n) is 4.13. The van der Waals surface area contributed by atoms with Gasteiger partial charge in [0.1, 0.15) is 0 Å². The van der Waals surface area contributed by atoms with Gasteiger partial charge in [0.15, 0.2) is 0 Å². The summed E-state index contributed by atoms with van der Waals surface area (Å²) in [6.45, 7) is 1.40. The fraction of sp³-hybridized carbons (Fsp3) is 0.667. The molecule has 0 bridgehead atoms. The zero-order valence-corrected chi connectivity index (χ0v) is 12.8. The van der Waals surface area contributed by atoms with Crippen LogP contribution >= 0.6 is 0 Å². The number of benzene rings is 1. The van der Waals surface area contributed by atoms with Crippen LogP contribution in [0.5, 0.6) is 0 Å². The van der Waals surface area contributed by atoms with Crippen molar-refractivity contribution in [2.24, 2.45) is 5.92 Å². The highest BCUT2D eigenvalue weighted by atomic mass is 16.3. The van der Waals surface area contributed by atoms with E-state index in [2.05, 4.69) is 34.9 Å². The minimum atomic E-state index is 0.180. The van der Waals surface area contributed by atoms with E-state index < -0.39 is 0 Å². The zero-order chi connectivity index (χ0) is 14.5. The number of aliphatic hydroxyl groups is 1. The summed E-state index contributed by atoms with van der Waals surface area (Å²) in [5.41, 5.74) is 1.30. The molecule has 0 amide bonds. The van der Waals surface area contributed by atoms with Crippen LogP contribution in [0.3, 0.4) is 0 Å². The highest BCUT2D eigenvalue weighted by molar-refractivity contribution is 5.16. The highest BCUT2D eigenvalue weighted by Crippen LogP contribution is 2.32.